The van der Waals surface area contributed by atoms with Gasteiger partial charge in [-0.2, -0.15) is 0 Å². The van der Waals surface area contributed by atoms with Gasteiger partial charge in [-0.25, -0.2) is 0 Å². The lowest BCUT2D eigenvalue weighted by Gasteiger charge is -2.11. The minimum absolute atomic E-state index is 0.0204. The van der Waals surface area contributed by atoms with Gasteiger partial charge in [-0.1, -0.05) is 44.2 Å². The Kier molecular flexibility index (Phi) is 9.64. The van der Waals surface area contributed by atoms with Crippen LogP contribution in [0.1, 0.15) is 32.3 Å². The van der Waals surface area contributed by atoms with Gasteiger partial charge in [-0.3, -0.25) is 14.4 Å². The molecule has 7 nitrogen and oxygen atoms in total. The molecule has 0 radical (unpaired) electrons. The van der Waals surface area contributed by atoms with Gasteiger partial charge in [0, 0.05) is 30.1 Å². The lowest BCUT2D eigenvalue weighted by atomic mass is 10.2. The highest BCUT2D eigenvalue weighted by Gasteiger charge is 2.10. The first-order valence-corrected chi connectivity index (χ1v) is 10.5. The summed E-state index contributed by atoms with van der Waals surface area (Å²) in [5.41, 5.74) is 2.41. The lowest BCUT2D eigenvalue weighted by Crippen LogP contribution is -2.34. The molecule has 0 atom stereocenters. The van der Waals surface area contributed by atoms with Crippen LogP contribution in [-0.2, 0) is 25.5 Å². The number of esters is 1. The molecule has 0 saturated heterocycles. The summed E-state index contributed by atoms with van der Waals surface area (Å²) >= 11 is 5.12. The van der Waals surface area contributed by atoms with Crippen molar-refractivity contribution in [3.63, 3.8) is 0 Å². The molecule has 3 N–H and O–H groups in total. The zero-order valence-corrected chi connectivity index (χ0v) is 18.5. The number of carbonyl (C=O) groups is 3. The molecule has 0 aliphatic carbocycles. The van der Waals surface area contributed by atoms with Crippen LogP contribution in [0.5, 0.6) is 0 Å². The molecular formula is C23H27N3O4S. The van der Waals surface area contributed by atoms with Crippen LogP contribution in [-0.4, -0.2) is 29.5 Å². The molecule has 2 aromatic rings. The van der Waals surface area contributed by atoms with Crippen molar-refractivity contribution >= 4 is 46.5 Å². The van der Waals surface area contributed by atoms with Crippen LogP contribution in [0.4, 0.5) is 11.4 Å². The van der Waals surface area contributed by atoms with E-state index >= 15 is 0 Å². The fourth-order valence-electron chi connectivity index (χ4n) is 2.49. The molecule has 8 heteroatoms. The molecule has 0 spiro atoms. The highest BCUT2D eigenvalue weighted by Crippen LogP contribution is 2.14. The lowest BCUT2D eigenvalue weighted by molar-refractivity contribution is -0.144. The summed E-state index contributed by atoms with van der Waals surface area (Å²) in [4.78, 5) is 35.5. The van der Waals surface area contributed by atoms with E-state index in [-0.39, 0.29) is 42.3 Å². The number of hydrogen-bond donors (Lipinski definition) is 3. The summed E-state index contributed by atoms with van der Waals surface area (Å²) in [6.45, 7) is 3.91. The minimum atomic E-state index is -0.427. The molecule has 0 heterocycles. The van der Waals surface area contributed by atoms with Crippen LogP contribution in [0, 0.1) is 5.92 Å². The Balaban J connectivity index is 1.65. The number of benzene rings is 2. The van der Waals surface area contributed by atoms with Crippen LogP contribution in [0.25, 0.3) is 0 Å². The van der Waals surface area contributed by atoms with E-state index in [0.29, 0.717) is 17.8 Å². The highest BCUT2D eigenvalue weighted by atomic mass is 32.1. The fourth-order valence-corrected chi connectivity index (χ4v) is 2.72. The second-order valence-electron chi connectivity index (χ2n) is 7.18. The smallest absolute Gasteiger partial charge is 0.306 e. The zero-order chi connectivity index (χ0) is 22.6. The van der Waals surface area contributed by atoms with Crippen molar-refractivity contribution in [1.82, 2.24) is 5.32 Å². The number of ether oxygens (including phenoxy) is 1. The van der Waals surface area contributed by atoms with Gasteiger partial charge in [0.05, 0.1) is 13.0 Å². The first-order valence-electron chi connectivity index (χ1n) is 10.0. The van der Waals surface area contributed by atoms with Crippen LogP contribution in [0.2, 0.25) is 0 Å². The number of amides is 2. The van der Waals surface area contributed by atoms with E-state index in [1.165, 1.54) is 0 Å². The third kappa shape index (κ3) is 9.39. The largest absolute Gasteiger partial charge is 0.465 e. The molecule has 2 amide bonds. The van der Waals surface area contributed by atoms with E-state index in [1.807, 2.05) is 44.2 Å². The van der Waals surface area contributed by atoms with Crippen LogP contribution in [0.3, 0.4) is 0 Å². The van der Waals surface area contributed by atoms with Crippen molar-refractivity contribution in [3.05, 3.63) is 60.2 Å². The third-order valence-corrected chi connectivity index (χ3v) is 4.44. The van der Waals surface area contributed by atoms with Crippen molar-refractivity contribution in [2.24, 2.45) is 5.92 Å². The average Bonchev–Trinajstić information content (AvgIpc) is 2.74. The first kappa shape index (κ1) is 24.0. The van der Waals surface area contributed by atoms with Gasteiger partial charge in [-0.05, 0) is 42.0 Å². The van der Waals surface area contributed by atoms with Crippen molar-refractivity contribution < 1.29 is 19.1 Å². The van der Waals surface area contributed by atoms with Gasteiger partial charge in [0.15, 0.2) is 5.11 Å². The minimum Gasteiger partial charge on any atom is -0.465 e. The fraction of sp³-hybridized carbons (Fsp3) is 0.304. The molecule has 0 aliphatic rings. The highest BCUT2D eigenvalue weighted by molar-refractivity contribution is 7.80. The standard InChI is InChI=1S/C23H27N3O4S/c1-16(2)22(29)24-18-8-10-19(11-9-18)25-23(31)26-20(27)12-13-21(28)30-15-14-17-6-4-3-5-7-17/h3-11,16H,12-15H2,1-2H3,(H,24,29)(H2,25,26,27,31). The van der Waals surface area contributed by atoms with Gasteiger partial charge in [-0.15, -0.1) is 0 Å². The normalized spacial score (nSPS) is 10.3. The van der Waals surface area contributed by atoms with Gasteiger partial charge < -0.3 is 20.7 Å². The van der Waals surface area contributed by atoms with Gasteiger partial charge in [0.25, 0.3) is 0 Å². The van der Waals surface area contributed by atoms with Crippen molar-refractivity contribution in [1.29, 1.82) is 0 Å². The number of thiocarbonyl (C=S) groups is 1. The topological polar surface area (TPSA) is 96.5 Å². The number of anilines is 2. The maximum Gasteiger partial charge on any atom is 0.306 e. The van der Waals surface area contributed by atoms with Crippen LogP contribution >= 0.6 is 12.2 Å². The quantitative estimate of drug-likeness (QED) is 0.406. The molecule has 31 heavy (non-hydrogen) atoms. The second-order valence-corrected chi connectivity index (χ2v) is 7.59. The number of carbonyl (C=O) groups excluding carboxylic acids is 3. The third-order valence-electron chi connectivity index (χ3n) is 4.24. The van der Waals surface area contributed by atoms with Gasteiger partial charge in [0.1, 0.15) is 0 Å². The van der Waals surface area contributed by atoms with E-state index < -0.39 is 5.97 Å². The number of rotatable bonds is 9. The Morgan fingerprint density at radius 3 is 2.13 bits per heavy atom. The van der Waals surface area contributed by atoms with E-state index in [9.17, 15) is 14.4 Å². The summed E-state index contributed by atoms with van der Waals surface area (Å²) < 4.78 is 5.15. The molecule has 0 fully saturated rings. The van der Waals surface area contributed by atoms with Gasteiger partial charge >= 0.3 is 5.97 Å². The number of nitrogens with one attached hydrogen (secondary N) is 3. The Labute approximate surface area is 187 Å². The van der Waals surface area contributed by atoms with Crippen molar-refractivity contribution in [2.45, 2.75) is 33.1 Å². The molecule has 164 valence electrons. The number of hydrogen-bond acceptors (Lipinski definition) is 5. The molecule has 0 aromatic heterocycles. The van der Waals surface area contributed by atoms with Crippen molar-refractivity contribution in [3.8, 4) is 0 Å². The van der Waals surface area contributed by atoms with Gasteiger partial charge in [0.2, 0.25) is 11.8 Å². The second kappa shape index (κ2) is 12.4. The van der Waals surface area contributed by atoms with E-state index in [0.717, 1.165) is 5.56 Å². The van der Waals surface area contributed by atoms with Crippen molar-refractivity contribution in [2.75, 3.05) is 17.2 Å². The maximum absolute atomic E-state index is 12.0. The van der Waals surface area contributed by atoms with E-state index in [1.54, 1.807) is 24.3 Å². The SMILES string of the molecule is CC(C)C(=O)Nc1ccc(NC(=S)NC(=O)CCC(=O)OCCc2ccccc2)cc1. The predicted molar refractivity (Wildman–Crippen MR) is 125 cm³/mol. The molecule has 0 bridgehead atoms. The molecule has 0 unspecified atom stereocenters. The Morgan fingerprint density at radius 1 is 0.903 bits per heavy atom. The Bertz CT molecular complexity index is 899. The predicted octanol–water partition coefficient (Wildman–Crippen LogP) is 3.66. The Hall–Kier alpha value is -3.26. The monoisotopic (exact) mass is 441 g/mol. The molecule has 0 saturated carbocycles. The summed E-state index contributed by atoms with van der Waals surface area (Å²) in [6.07, 6.45) is 0.590. The van der Waals surface area contributed by atoms with E-state index in [2.05, 4.69) is 16.0 Å². The van der Waals surface area contributed by atoms with Crippen LogP contribution in [0.15, 0.2) is 54.6 Å². The maximum atomic E-state index is 12.0. The summed E-state index contributed by atoms with van der Waals surface area (Å²) in [5, 5.41) is 8.34. The summed E-state index contributed by atoms with van der Waals surface area (Å²) in [6, 6.07) is 16.6. The zero-order valence-electron chi connectivity index (χ0n) is 17.6. The summed E-state index contributed by atoms with van der Waals surface area (Å²) in [5.74, 6) is -0.980. The molecule has 2 rings (SSSR count). The van der Waals surface area contributed by atoms with Crippen LogP contribution < -0.4 is 16.0 Å². The first-order chi connectivity index (χ1) is 14.8. The van der Waals surface area contributed by atoms with E-state index in [4.69, 9.17) is 17.0 Å². The summed E-state index contributed by atoms with van der Waals surface area (Å²) in [7, 11) is 0. The molecule has 2 aromatic carbocycles. The Morgan fingerprint density at radius 2 is 1.52 bits per heavy atom. The average molecular weight is 442 g/mol. The molecule has 0 aliphatic heterocycles. The molecular weight excluding hydrogens is 414 g/mol.